The van der Waals surface area contributed by atoms with Crippen molar-refractivity contribution in [2.24, 2.45) is 15.0 Å². The Kier molecular flexibility index (Phi) is 11.6. The van der Waals surface area contributed by atoms with E-state index in [1.807, 2.05) is 39.8 Å². The van der Waals surface area contributed by atoms with Crippen molar-refractivity contribution in [1.29, 1.82) is 0 Å². The number of allylic oxidation sites excluding steroid dienone is 7. The van der Waals surface area contributed by atoms with E-state index < -0.39 is 0 Å². The molecule has 0 fully saturated rings. The van der Waals surface area contributed by atoms with Crippen molar-refractivity contribution in [2.75, 3.05) is 0 Å². The number of hydrogen-bond donors (Lipinski definition) is 0. The zero-order valence-corrected chi connectivity index (χ0v) is 28.2. The molecule has 0 unspecified atom stereocenters. The fraction of sp³-hybridized carbons (Fsp3) is 0.457. The molecule has 0 aliphatic carbocycles. The van der Waals surface area contributed by atoms with Crippen molar-refractivity contribution in [2.45, 2.75) is 107 Å². The Hall–Kier alpha value is -3.21. The number of carbonyl (C=O) groups excluding carboxylic acids is 1. The van der Waals surface area contributed by atoms with Gasteiger partial charge < -0.3 is 10.2 Å². The summed E-state index contributed by atoms with van der Waals surface area (Å²) in [5.74, 6) is -0.678. The first-order chi connectivity index (χ1) is 20.2. The Morgan fingerprint density at radius 1 is 0.558 bits per heavy atom. The summed E-state index contributed by atoms with van der Waals surface area (Å²) in [5, 5.41) is 26.4. The van der Waals surface area contributed by atoms with Crippen molar-refractivity contribution in [3.05, 3.63) is 73.8 Å². The molecule has 0 saturated heterocycles. The number of rotatable bonds is 11. The molecular weight excluding hydrogens is 631 g/mol. The standard InChI is InChI=1S/C35H44N4O3.Pd/c1-9-19-20(10-2)28(18-30-22(12-4)25(15-7)34(41)38-30)36-27(19)17-29-21(11-3)23(13-5)31(37-29)32-33(40)24(14-6)26(16-8)35(42)39-32;/h17-18,40H,9-16H2,1-8H3,(H,39,42);/q;+2/p-2/b28-18-,29-17-;. The van der Waals surface area contributed by atoms with Gasteiger partial charge in [0.05, 0.1) is 34.2 Å². The van der Waals surface area contributed by atoms with Gasteiger partial charge in [-0.25, -0.2) is 15.0 Å². The summed E-state index contributed by atoms with van der Waals surface area (Å²) in [7, 11) is 0. The van der Waals surface area contributed by atoms with Gasteiger partial charge in [0.25, 0.3) is 5.91 Å². The minimum absolute atomic E-state index is 0. The first-order valence-electron chi connectivity index (χ1n) is 15.5. The number of hydrogen-bond acceptors (Lipinski definition) is 6. The van der Waals surface area contributed by atoms with Crippen LogP contribution in [0.5, 0.6) is 11.6 Å². The molecular formula is C35H42N4O3Pd. The van der Waals surface area contributed by atoms with Crippen LogP contribution in [0.2, 0.25) is 0 Å². The number of aromatic nitrogens is 1. The molecule has 0 atom stereocenters. The van der Waals surface area contributed by atoms with E-state index in [2.05, 4.69) is 37.7 Å². The van der Waals surface area contributed by atoms with Crippen molar-refractivity contribution >= 4 is 23.0 Å². The van der Waals surface area contributed by atoms with Crippen LogP contribution in [0, 0.1) is 0 Å². The second-order valence-corrected chi connectivity index (χ2v) is 10.6. The summed E-state index contributed by atoms with van der Waals surface area (Å²) < 4.78 is 0. The molecule has 1 aromatic heterocycles. The monoisotopic (exact) mass is 672 g/mol. The molecule has 3 aliphatic heterocycles. The molecule has 3 aliphatic rings. The van der Waals surface area contributed by atoms with Gasteiger partial charge in [0.1, 0.15) is 0 Å². The Morgan fingerprint density at radius 2 is 1.02 bits per heavy atom. The molecule has 0 bridgehead atoms. The largest absolute Gasteiger partial charge is 2.00 e. The molecule has 0 N–H and O–H groups in total. The van der Waals surface area contributed by atoms with Crippen molar-refractivity contribution in [3.8, 4) is 11.6 Å². The molecule has 4 rings (SSSR count). The number of carbonyl (C=O) groups is 1. The maximum atomic E-state index is 13.5. The summed E-state index contributed by atoms with van der Waals surface area (Å²) in [6.07, 6.45) is 9.31. The minimum Gasteiger partial charge on any atom is -0.871 e. The van der Waals surface area contributed by atoms with E-state index in [1.165, 1.54) is 0 Å². The van der Waals surface area contributed by atoms with Crippen LogP contribution in [0.1, 0.15) is 111 Å². The van der Waals surface area contributed by atoms with Crippen LogP contribution < -0.4 is 10.2 Å². The first-order valence-corrected chi connectivity index (χ1v) is 15.5. The zero-order chi connectivity index (χ0) is 30.7. The maximum absolute atomic E-state index is 13.5. The van der Waals surface area contributed by atoms with Gasteiger partial charge in [-0.3, -0.25) is 9.78 Å². The van der Waals surface area contributed by atoms with Gasteiger partial charge in [-0.15, -0.1) is 0 Å². The quantitative estimate of drug-likeness (QED) is 0.243. The van der Waals surface area contributed by atoms with Crippen LogP contribution in [0.25, 0.3) is 0 Å². The number of pyridine rings is 1. The smallest absolute Gasteiger partial charge is 0.871 e. The van der Waals surface area contributed by atoms with Crippen molar-refractivity contribution in [1.82, 2.24) is 4.98 Å². The fourth-order valence-corrected chi connectivity index (χ4v) is 6.44. The number of amides is 1. The van der Waals surface area contributed by atoms with Crippen LogP contribution in [0.4, 0.5) is 0 Å². The van der Waals surface area contributed by atoms with Gasteiger partial charge in [-0.05, 0) is 108 Å². The summed E-state index contributed by atoms with van der Waals surface area (Å²) in [5.41, 5.74) is 10.9. The average Bonchev–Trinajstić information content (AvgIpc) is 3.62. The molecule has 43 heavy (non-hydrogen) atoms. The van der Waals surface area contributed by atoms with E-state index in [0.29, 0.717) is 48.2 Å². The van der Waals surface area contributed by atoms with Gasteiger partial charge in [0.15, 0.2) is 0 Å². The molecule has 8 heteroatoms. The molecule has 0 saturated carbocycles. The third kappa shape index (κ3) is 6.10. The molecule has 0 aromatic carbocycles. The Labute approximate surface area is 269 Å². The summed E-state index contributed by atoms with van der Waals surface area (Å²) in [4.78, 5) is 31.2. The van der Waals surface area contributed by atoms with Gasteiger partial charge in [0, 0.05) is 5.57 Å². The fourth-order valence-electron chi connectivity index (χ4n) is 6.44. The topological polar surface area (TPSA) is 113 Å². The van der Waals surface area contributed by atoms with Gasteiger partial charge in [-0.2, -0.15) is 0 Å². The second-order valence-electron chi connectivity index (χ2n) is 10.6. The maximum Gasteiger partial charge on any atom is 2.00 e. The molecule has 7 nitrogen and oxygen atoms in total. The van der Waals surface area contributed by atoms with Crippen molar-refractivity contribution in [3.63, 3.8) is 0 Å². The summed E-state index contributed by atoms with van der Waals surface area (Å²) >= 11 is 0. The van der Waals surface area contributed by atoms with Gasteiger partial charge in [-0.1, -0.05) is 61.1 Å². The predicted molar refractivity (Wildman–Crippen MR) is 167 cm³/mol. The molecule has 0 spiro atoms. The second kappa shape index (κ2) is 14.5. The molecule has 1 aromatic rings. The molecule has 0 radical (unpaired) electrons. The number of aliphatic imine (C=N–C) groups is 3. The van der Waals surface area contributed by atoms with Gasteiger partial charge >= 0.3 is 20.4 Å². The van der Waals surface area contributed by atoms with Crippen LogP contribution >= 0.6 is 0 Å². The third-order valence-electron chi connectivity index (χ3n) is 8.49. The van der Waals surface area contributed by atoms with Gasteiger partial charge in [0.2, 0.25) is 0 Å². The Morgan fingerprint density at radius 3 is 1.53 bits per heavy atom. The average molecular weight is 673 g/mol. The van der Waals surface area contributed by atoms with E-state index in [1.54, 1.807) is 0 Å². The summed E-state index contributed by atoms with van der Waals surface area (Å²) in [6.45, 7) is 16.2. The molecule has 4 heterocycles. The van der Waals surface area contributed by atoms with Crippen LogP contribution in [-0.2, 0) is 38.1 Å². The zero-order valence-electron chi connectivity index (χ0n) is 26.6. The molecule has 1 amide bonds. The van der Waals surface area contributed by atoms with E-state index in [9.17, 15) is 15.0 Å². The van der Waals surface area contributed by atoms with Crippen molar-refractivity contribution < 1.29 is 35.4 Å². The molecule has 230 valence electrons. The first kappa shape index (κ1) is 34.3. The number of nitrogens with zero attached hydrogens (tertiary/aromatic N) is 4. The third-order valence-corrected chi connectivity index (χ3v) is 8.49. The Balaban J connectivity index is 0.00000506. The van der Waals surface area contributed by atoms with E-state index in [-0.39, 0.29) is 43.7 Å². The SMILES string of the molecule is CCC1=C(CC)C(/C=C2N=C(/C=C3\N=C(c4nc([O-])c(CC)c(CC)c4[O-])C(CC)=C3CC)C(CC)=C\2CC)=NC1=O.[Pd+2]. The predicted octanol–water partition coefficient (Wildman–Crippen LogP) is 6.71. The van der Waals surface area contributed by atoms with E-state index in [4.69, 9.17) is 9.98 Å². The van der Waals surface area contributed by atoms with Crippen LogP contribution in [-0.4, -0.2) is 28.0 Å². The summed E-state index contributed by atoms with van der Waals surface area (Å²) in [6, 6.07) is 0. The minimum atomic E-state index is -0.337. The van der Waals surface area contributed by atoms with Crippen LogP contribution in [0.3, 0.4) is 0 Å². The normalized spacial score (nSPS) is 18.8. The van der Waals surface area contributed by atoms with Crippen LogP contribution in [0.15, 0.2) is 72.0 Å². The van der Waals surface area contributed by atoms with E-state index >= 15 is 0 Å². The van der Waals surface area contributed by atoms with E-state index in [0.717, 1.165) is 76.2 Å². The Bertz CT molecular complexity index is 1580.